The molecule has 0 bridgehead atoms. The molecule has 3 heterocycles. The van der Waals surface area contributed by atoms with Crippen LogP contribution >= 0.6 is 0 Å². The van der Waals surface area contributed by atoms with Crippen molar-refractivity contribution >= 4 is 5.97 Å². The largest absolute Gasteiger partial charge is 0.480 e. The SMILES string of the molecule is CCCCc1c(Cc2ccc(-c3ccccc3-c3nnn[nH]3)cc2)c(=O)n2n1C(C(=O)O)CCC2. The van der Waals surface area contributed by atoms with Gasteiger partial charge in [-0.25, -0.2) is 14.6 Å². The number of fused-ring (bicyclic) bond motifs is 1. The highest BCUT2D eigenvalue weighted by Gasteiger charge is 2.31. The lowest BCUT2D eigenvalue weighted by Crippen LogP contribution is -2.35. The van der Waals surface area contributed by atoms with Gasteiger partial charge in [-0.2, -0.15) is 0 Å². The van der Waals surface area contributed by atoms with E-state index in [2.05, 4.69) is 27.5 Å². The van der Waals surface area contributed by atoms with E-state index in [-0.39, 0.29) is 5.56 Å². The maximum atomic E-state index is 13.4. The summed E-state index contributed by atoms with van der Waals surface area (Å²) >= 11 is 0. The lowest BCUT2D eigenvalue weighted by Gasteiger charge is -2.26. The number of aliphatic carboxylic acids is 1. The number of tetrazole rings is 1. The highest BCUT2D eigenvalue weighted by molar-refractivity contribution is 5.80. The number of aromatic amines is 1. The molecular formula is C26H28N6O3. The molecule has 0 radical (unpaired) electrons. The minimum Gasteiger partial charge on any atom is -0.480 e. The van der Waals surface area contributed by atoms with Gasteiger partial charge in [0.05, 0.1) is 0 Å². The number of hydrogen-bond acceptors (Lipinski definition) is 5. The molecule has 2 N–H and O–H groups in total. The van der Waals surface area contributed by atoms with Crippen molar-refractivity contribution in [3.8, 4) is 22.5 Å². The van der Waals surface area contributed by atoms with E-state index in [1.807, 2.05) is 48.5 Å². The molecule has 1 aliphatic heterocycles. The summed E-state index contributed by atoms with van der Waals surface area (Å²) in [6.07, 6.45) is 4.32. The van der Waals surface area contributed by atoms with Gasteiger partial charge in [-0.3, -0.25) is 9.48 Å². The second-order valence-corrected chi connectivity index (χ2v) is 8.97. The van der Waals surface area contributed by atoms with Gasteiger partial charge >= 0.3 is 5.97 Å². The number of nitrogens with one attached hydrogen (secondary N) is 1. The van der Waals surface area contributed by atoms with E-state index >= 15 is 0 Å². The molecule has 1 aliphatic rings. The molecule has 2 aromatic heterocycles. The Balaban J connectivity index is 1.49. The van der Waals surface area contributed by atoms with E-state index in [1.165, 1.54) is 0 Å². The lowest BCUT2D eigenvalue weighted by atomic mass is 9.96. The summed E-state index contributed by atoms with van der Waals surface area (Å²) < 4.78 is 3.42. The summed E-state index contributed by atoms with van der Waals surface area (Å²) in [7, 11) is 0. The second kappa shape index (κ2) is 9.69. The van der Waals surface area contributed by atoms with Crippen LogP contribution in [0.5, 0.6) is 0 Å². The smallest absolute Gasteiger partial charge is 0.328 e. The zero-order valence-electron chi connectivity index (χ0n) is 19.6. The number of carboxylic acids is 1. The average Bonchev–Trinajstić information content (AvgIpc) is 3.51. The molecule has 0 aliphatic carbocycles. The third-order valence-electron chi connectivity index (χ3n) is 6.75. The molecule has 5 rings (SSSR count). The van der Waals surface area contributed by atoms with Crippen LogP contribution < -0.4 is 5.56 Å². The molecule has 1 unspecified atom stereocenters. The van der Waals surface area contributed by atoms with Gasteiger partial charge in [0.1, 0.15) is 6.04 Å². The molecule has 9 heteroatoms. The first-order valence-electron chi connectivity index (χ1n) is 12.1. The van der Waals surface area contributed by atoms with Gasteiger partial charge in [-0.1, -0.05) is 61.9 Å². The summed E-state index contributed by atoms with van der Waals surface area (Å²) in [6, 6.07) is 15.4. The Morgan fingerprint density at radius 2 is 1.91 bits per heavy atom. The van der Waals surface area contributed by atoms with Crippen molar-refractivity contribution in [2.24, 2.45) is 0 Å². The highest BCUT2D eigenvalue weighted by atomic mass is 16.4. The maximum absolute atomic E-state index is 13.4. The number of rotatable bonds is 8. The summed E-state index contributed by atoms with van der Waals surface area (Å²) in [5.74, 6) is -0.270. The fourth-order valence-corrected chi connectivity index (χ4v) is 5.02. The van der Waals surface area contributed by atoms with Crippen molar-refractivity contribution in [1.82, 2.24) is 30.0 Å². The van der Waals surface area contributed by atoms with Crippen LogP contribution in [0.2, 0.25) is 0 Å². The number of hydrogen-bond donors (Lipinski definition) is 2. The molecule has 1 atom stereocenters. The quantitative estimate of drug-likeness (QED) is 0.402. The van der Waals surface area contributed by atoms with Crippen LogP contribution in [0.1, 0.15) is 55.5 Å². The van der Waals surface area contributed by atoms with Gasteiger partial charge in [-0.15, -0.1) is 5.10 Å². The Bertz CT molecular complexity index is 1390. The Morgan fingerprint density at radius 3 is 2.60 bits per heavy atom. The minimum absolute atomic E-state index is 0.0608. The molecule has 0 fully saturated rings. The first-order chi connectivity index (χ1) is 17.1. The van der Waals surface area contributed by atoms with Gasteiger partial charge in [0.25, 0.3) is 5.56 Å². The number of H-pyrrole nitrogens is 1. The summed E-state index contributed by atoms with van der Waals surface area (Å²) in [4.78, 5) is 25.3. The monoisotopic (exact) mass is 472 g/mol. The fraction of sp³-hybridized carbons (Fsp3) is 0.346. The van der Waals surface area contributed by atoms with Crippen molar-refractivity contribution in [3.63, 3.8) is 0 Å². The van der Waals surface area contributed by atoms with Crippen LogP contribution in [0.15, 0.2) is 53.3 Å². The van der Waals surface area contributed by atoms with Crippen LogP contribution in [0, 0.1) is 0 Å². The number of carboxylic acid groups (broad SMARTS) is 1. The molecule has 180 valence electrons. The molecular weight excluding hydrogens is 444 g/mol. The standard InChI is InChI=1S/C26H28N6O3/c1-2-3-9-22-21(25(33)31-15-6-10-23(26(34)35)32(22)31)16-17-11-13-18(14-12-17)19-7-4-5-8-20(19)24-27-29-30-28-24/h4-5,7-8,11-14,23H,2-3,6,9-10,15-16H2,1H3,(H,34,35)(H,27,28,29,30). The zero-order valence-corrected chi connectivity index (χ0v) is 19.6. The normalized spacial score (nSPS) is 15.2. The van der Waals surface area contributed by atoms with Gasteiger partial charge in [-0.05, 0) is 52.8 Å². The van der Waals surface area contributed by atoms with Crippen LogP contribution in [0.3, 0.4) is 0 Å². The molecule has 35 heavy (non-hydrogen) atoms. The third kappa shape index (κ3) is 4.29. The number of aromatic nitrogens is 6. The first-order valence-corrected chi connectivity index (χ1v) is 12.1. The number of carbonyl (C=O) groups is 1. The molecule has 9 nitrogen and oxygen atoms in total. The van der Waals surface area contributed by atoms with Crippen LogP contribution in [0.25, 0.3) is 22.5 Å². The Hall–Kier alpha value is -4.01. The van der Waals surface area contributed by atoms with Crippen molar-refractivity contribution in [1.29, 1.82) is 0 Å². The van der Waals surface area contributed by atoms with Crippen LogP contribution in [-0.2, 0) is 24.2 Å². The van der Waals surface area contributed by atoms with E-state index in [4.69, 9.17) is 0 Å². The molecule has 4 aromatic rings. The lowest BCUT2D eigenvalue weighted by molar-refractivity contribution is -0.142. The highest BCUT2D eigenvalue weighted by Crippen LogP contribution is 2.31. The molecule has 2 aromatic carbocycles. The van der Waals surface area contributed by atoms with Gasteiger partial charge < -0.3 is 5.11 Å². The van der Waals surface area contributed by atoms with Crippen molar-refractivity contribution < 1.29 is 9.90 Å². The summed E-state index contributed by atoms with van der Waals surface area (Å²) in [6.45, 7) is 2.67. The second-order valence-electron chi connectivity index (χ2n) is 8.97. The Kier molecular flexibility index (Phi) is 6.31. The van der Waals surface area contributed by atoms with Gasteiger partial charge in [0, 0.05) is 29.8 Å². The van der Waals surface area contributed by atoms with Gasteiger partial charge in [0.2, 0.25) is 0 Å². The van der Waals surface area contributed by atoms with E-state index in [0.29, 0.717) is 43.6 Å². The molecule has 0 spiro atoms. The predicted molar refractivity (Wildman–Crippen MR) is 131 cm³/mol. The van der Waals surface area contributed by atoms with E-state index in [1.54, 1.807) is 9.36 Å². The van der Waals surface area contributed by atoms with Crippen LogP contribution in [0.4, 0.5) is 0 Å². The number of unbranched alkanes of at least 4 members (excludes halogenated alkanes) is 1. The number of benzene rings is 2. The van der Waals surface area contributed by atoms with E-state index < -0.39 is 12.0 Å². The topological polar surface area (TPSA) is 119 Å². The molecule has 0 saturated heterocycles. The van der Waals surface area contributed by atoms with E-state index in [9.17, 15) is 14.7 Å². The molecule has 0 saturated carbocycles. The van der Waals surface area contributed by atoms with E-state index in [0.717, 1.165) is 40.8 Å². The van der Waals surface area contributed by atoms with Gasteiger partial charge in [0.15, 0.2) is 5.82 Å². The van der Waals surface area contributed by atoms with Crippen molar-refractivity contribution in [2.45, 2.75) is 58.0 Å². The summed E-state index contributed by atoms with van der Waals surface area (Å²) in [5, 5.41) is 24.0. The Morgan fingerprint density at radius 1 is 1.14 bits per heavy atom. The maximum Gasteiger partial charge on any atom is 0.328 e. The zero-order chi connectivity index (χ0) is 24.4. The first kappa shape index (κ1) is 22.8. The average molecular weight is 473 g/mol. The minimum atomic E-state index is -0.872. The summed E-state index contributed by atoms with van der Waals surface area (Å²) in [5.41, 5.74) is 5.47. The number of nitrogens with zero attached hydrogens (tertiary/aromatic N) is 5. The molecule has 0 amide bonds. The third-order valence-corrected chi connectivity index (χ3v) is 6.75. The fourth-order valence-electron chi connectivity index (χ4n) is 5.02. The van der Waals surface area contributed by atoms with Crippen molar-refractivity contribution in [2.75, 3.05) is 0 Å². The van der Waals surface area contributed by atoms with Crippen LogP contribution in [-0.4, -0.2) is 41.1 Å². The predicted octanol–water partition coefficient (Wildman–Crippen LogP) is 3.85. The Labute approximate surface area is 202 Å². The van der Waals surface area contributed by atoms with Crippen molar-refractivity contribution in [3.05, 3.63) is 75.7 Å².